The van der Waals surface area contributed by atoms with Gasteiger partial charge in [-0.3, -0.25) is 0 Å². The number of hydrogen-bond donors (Lipinski definition) is 1. The van der Waals surface area contributed by atoms with E-state index in [0.717, 1.165) is 18.7 Å². The highest BCUT2D eigenvalue weighted by Gasteiger charge is 2.08. The first kappa shape index (κ1) is 13.8. The van der Waals surface area contributed by atoms with E-state index in [2.05, 4.69) is 22.2 Å². The maximum absolute atomic E-state index is 6.18. The highest BCUT2D eigenvalue weighted by Crippen LogP contribution is 2.29. The number of aromatic nitrogens is 2. The van der Waals surface area contributed by atoms with Crippen molar-refractivity contribution < 1.29 is 4.74 Å². The fourth-order valence-corrected chi connectivity index (χ4v) is 1.90. The van der Waals surface area contributed by atoms with Crippen LogP contribution in [0.25, 0.3) is 0 Å². The van der Waals surface area contributed by atoms with Crippen molar-refractivity contribution in [1.82, 2.24) is 15.3 Å². The Hall–Kier alpha value is -1.65. The van der Waals surface area contributed by atoms with Gasteiger partial charge < -0.3 is 10.1 Å². The third-order valence-electron chi connectivity index (χ3n) is 2.58. The lowest BCUT2D eigenvalue weighted by Crippen LogP contribution is -2.13. The van der Waals surface area contributed by atoms with E-state index in [9.17, 15) is 0 Å². The first-order chi connectivity index (χ1) is 9.31. The minimum Gasteiger partial charge on any atom is -0.484 e. The standard InChI is InChI=1S/C14H16ClN3O/c1-2-16-9-11-5-3-6-12(15)14(11)19-10-13-17-7-4-8-18-13/h3-8,16H,2,9-10H2,1H3. The van der Waals surface area contributed by atoms with Gasteiger partial charge in [-0.1, -0.05) is 30.7 Å². The van der Waals surface area contributed by atoms with E-state index in [-0.39, 0.29) is 0 Å². The Kier molecular flexibility index (Phi) is 5.12. The molecule has 1 N–H and O–H groups in total. The van der Waals surface area contributed by atoms with E-state index >= 15 is 0 Å². The largest absolute Gasteiger partial charge is 0.484 e. The Balaban J connectivity index is 2.10. The minimum atomic E-state index is 0.309. The summed E-state index contributed by atoms with van der Waals surface area (Å²) >= 11 is 6.18. The molecule has 0 radical (unpaired) electrons. The third-order valence-corrected chi connectivity index (χ3v) is 2.88. The predicted octanol–water partition coefficient (Wildman–Crippen LogP) is 2.82. The molecule has 0 unspecified atom stereocenters. The van der Waals surface area contributed by atoms with Crippen LogP contribution in [0.3, 0.4) is 0 Å². The summed E-state index contributed by atoms with van der Waals surface area (Å²) in [4.78, 5) is 8.24. The van der Waals surface area contributed by atoms with Crippen LogP contribution in [0, 0.1) is 0 Å². The maximum Gasteiger partial charge on any atom is 0.166 e. The van der Waals surface area contributed by atoms with Crippen molar-refractivity contribution in [3.8, 4) is 5.75 Å². The Morgan fingerprint density at radius 2 is 2.00 bits per heavy atom. The molecule has 0 atom stereocenters. The summed E-state index contributed by atoms with van der Waals surface area (Å²) in [5.41, 5.74) is 1.03. The quantitative estimate of drug-likeness (QED) is 0.882. The molecule has 1 heterocycles. The van der Waals surface area contributed by atoms with Gasteiger partial charge in [-0.05, 0) is 18.7 Å². The van der Waals surface area contributed by atoms with Crippen molar-refractivity contribution >= 4 is 11.6 Å². The summed E-state index contributed by atoms with van der Waals surface area (Å²) in [7, 11) is 0. The molecule has 2 aromatic rings. The van der Waals surface area contributed by atoms with Crippen molar-refractivity contribution in [2.45, 2.75) is 20.1 Å². The fraction of sp³-hybridized carbons (Fsp3) is 0.286. The summed E-state index contributed by atoms with van der Waals surface area (Å²) in [5, 5.41) is 3.86. The van der Waals surface area contributed by atoms with Crippen LogP contribution in [0.5, 0.6) is 5.75 Å². The summed E-state index contributed by atoms with van der Waals surface area (Å²) in [6.07, 6.45) is 3.38. The Morgan fingerprint density at radius 3 is 2.74 bits per heavy atom. The van der Waals surface area contributed by atoms with Gasteiger partial charge >= 0.3 is 0 Å². The van der Waals surface area contributed by atoms with Crippen LogP contribution in [0.4, 0.5) is 0 Å². The molecule has 0 fully saturated rings. The van der Waals surface area contributed by atoms with Crippen molar-refractivity contribution in [2.75, 3.05) is 6.54 Å². The molecule has 19 heavy (non-hydrogen) atoms. The van der Waals surface area contributed by atoms with Crippen LogP contribution >= 0.6 is 11.6 Å². The van der Waals surface area contributed by atoms with Gasteiger partial charge in [-0.15, -0.1) is 0 Å². The molecular formula is C14H16ClN3O. The molecule has 5 heteroatoms. The number of ether oxygens (including phenoxy) is 1. The maximum atomic E-state index is 6.18. The third kappa shape index (κ3) is 3.91. The molecule has 0 spiro atoms. The average Bonchev–Trinajstić information content (AvgIpc) is 2.45. The molecule has 4 nitrogen and oxygen atoms in total. The van der Waals surface area contributed by atoms with Gasteiger partial charge in [0.05, 0.1) is 5.02 Å². The van der Waals surface area contributed by atoms with Gasteiger partial charge in [0.25, 0.3) is 0 Å². The zero-order valence-corrected chi connectivity index (χ0v) is 11.5. The van der Waals surface area contributed by atoms with E-state index in [1.165, 1.54) is 0 Å². The SMILES string of the molecule is CCNCc1cccc(Cl)c1OCc1ncccn1. The van der Waals surface area contributed by atoms with Crippen molar-refractivity contribution in [3.05, 3.63) is 53.1 Å². The number of para-hydroxylation sites is 1. The Labute approximate surface area is 117 Å². The number of hydrogen-bond acceptors (Lipinski definition) is 4. The highest BCUT2D eigenvalue weighted by molar-refractivity contribution is 6.32. The van der Waals surface area contributed by atoms with E-state index in [4.69, 9.17) is 16.3 Å². The van der Waals surface area contributed by atoms with Crippen molar-refractivity contribution in [1.29, 1.82) is 0 Å². The molecule has 1 aromatic carbocycles. The molecule has 0 aliphatic carbocycles. The molecule has 0 saturated carbocycles. The molecule has 0 bridgehead atoms. The van der Waals surface area contributed by atoms with Crippen molar-refractivity contribution in [2.24, 2.45) is 0 Å². The normalized spacial score (nSPS) is 10.4. The molecule has 0 aliphatic heterocycles. The second-order valence-corrected chi connectivity index (χ2v) is 4.37. The molecule has 0 saturated heterocycles. The smallest absolute Gasteiger partial charge is 0.166 e. The lowest BCUT2D eigenvalue weighted by atomic mass is 10.2. The lowest BCUT2D eigenvalue weighted by Gasteiger charge is -2.12. The van der Waals surface area contributed by atoms with Crippen LogP contribution in [0.2, 0.25) is 5.02 Å². The molecular weight excluding hydrogens is 262 g/mol. The monoisotopic (exact) mass is 277 g/mol. The second kappa shape index (κ2) is 7.07. The molecule has 2 rings (SSSR count). The number of nitrogens with zero attached hydrogens (tertiary/aromatic N) is 2. The van der Waals surface area contributed by atoms with Gasteiger partial charge in [-0.25, -0.2) is 9.97 Å². The van der Waals surface area contributed by atoms with Gasteiger partial charge in [0.2, 0.25) is 0 Å². The minimum absolute atomic E-state index is 0.309. The Morgan fingerprint density at radius 1 is 1.21 bits per heavy atom. The predicted molar refractivity (Wildman–Crippen MR) is 75.2 cm³/mol. The van der Waals surface area contributed by atoms with Gasteiger partial charge in [0.15, 0.2) is 5.82 Å². The van der Waals surface area contributed by atoms with Crippen LogP contribution < -0.4 is 10.1 Å². The van der Waals surface area contributed by atoms with Gasteiger partial charge in [0.1, 0.15) is 12.4 Å². The first-order valence-electron chi connectivity index (χ1n) is 6.18. The van der Waals surface area contributed by atoms with Crippen LogP contribution in [0.15, 0.2) is 36.7 Å². The zero-order chi connectivity index (χ0) is 13.5. The fourth-order valence-electron chi connectivity index (χ4n) is 1.66. The number of nitrogens with one attached hydrogen (secondary N) is 1. The van der Waals surface area contributed by atoms with E-state index < -0.39 is 0 Å². The molecule has 0 amide bonds. The number of rotatable bonds is 6. The van der Waals surface area contributed by atoms with E-state index in [0.29, 0.717) is 23.2 Å². The van der Waals surface area contributed by atoms with Crippen LogP contribution in [-0.2, 0) is 13.2 Å². The topological polar surface area (TPSA) is 47.0 Å². The van der Waals surface area contributed by atoms with Gasteiger partial charge in [0, 0.05) is 24.5 Å². The molecule has 0 aliphatic rings. The number of halogens is 1. The van der Waals surface area contributed by atoms with Crippen LogP contribution in [-0.4, -0.2) is 16.5 Å². The van der Waals surface area contributed by atoms with E-state index in [1.54, 1.807) is 18.5 Å². The summed E-state index contributed by atoms with van der Waals surface area (Å²) in [5.74, 6) is 1.33. The molecule has 100 valence electrons. The lowest BCUT2D eigenvalue weighted by molar-refractivity contribution is 0.292. The zero-order valence-electron chi connectivity index (χ0n) is 10.8. The average molecular weight is 278 g/mol. The number of benzene rings is 1. The summed E-state index contributed by atoms with van der Waals surface area (Å²) in [6, 6.07) is 7.50. The van der Waals surface area contributed by atoms with Crippen LogP contribution in [0.1, 0.15) is 18.3 Å². The molecule has 1 aromatic heterocycles. The highest BCUT2D eigenvalue weighted by atomic mass is 35.5. The first-order valence-corrected chi connectivity index (χ1v) is 6.56. The van der Waals surface area contributed by atoms with Crippen molar-refractivity contribution in [3.63, 3.8) is 0 Å². The summed E-state index contributed by atoms with van der Waals surface area (Å²) in [6.45, 7) is 3.99. The van der Waals surface area contributed by atoms with E-state index in [1.807, 2.05) is 18.2 Å². The Bertz CT molecular complexity index is 519. The van der Waals surface area contributed by atoms with Gasteiger partial charge in [-0.2, -0.15) is 0 Å². The second-order valence-electron chi connectivity index (χ2n) is 3.96. The summed E-state index contributed by atoms with van der Waals surface area (Å²) < 4.78 is 5.75.